The highest BCUT2D eigenvalue weighted by Crippen LogP contribution is 2.41. The molecule has 0 aliphatic carbocycles. The summed E-state index contributed by atoms with van der Waals surface area (Å²) in [6.07, 6.45) is -2.36. The van der Waals surface area contributed by atoms with Gasteiger partial charge < -0.3 is 10.2 Å². The summed E-state index contributed by atoms with van der Waals surface area (Å²) < 4.78 is 22.7. The number of rotatable bonds is 2. The van der Waals surface area contributed by atoms with Crippen LogP contribution >= 0.6 is 0 Å². The molecule has 2 aromatic carbocycles. The highest BCUT2D eigenvalue weighted by molar-refractivity contribution is 5.25. The third-order valence-corrected chi connectivity index (χ3v) is 5.02. The fraction of sp³-hybridized carbons (Fsp3) is 0.400. The number of benzene rings is 2. The van der Waals surface area contributed by atoms with Crippen molar-refractivity contribution in [3.05, 3.63) is 71.8 Å². The van der Waals surface area contributed by atoms with Gasteiger partial charge in [-0.2, -0.15) is 0 Å². The maximum Gasteiger partial charge on any atom is 0.413 e. The lowest BCUT2D eigenvalue weighted by atomic mass is 9.89. The van der Waals surface area contributed by atoms with Crippen molar-refractivity contribution < 1.29 is 29.2 Å². The van der Waals surface area contributed by atoms with Crippen LogP contribution in [0.5, 0.6) is 0 Å². The largest absolute Gasteiger partial charge is 0.413 e. The Morgan fingerprint density at radius 2 is 1.27 bits per heavy atom. The Balaban J connectivity index is 1.48. The Labute approximate surface area is 151 Å². The predicted molar refractivity (Wildman–Crippen MR) is 91.8 cm³/mol. The van der Waals surface area contributed by atoms with Crippen molar-refractivity contribution in [3.8, 4) is 0 Å². The maximum atomic E-state index is 11.0. The monoisotopic (exact) mass is 358 g/mol. The van der Waals surface area contributed by atoms with E-state index in [9.17, 15) is 10.2 Å². The van der Waals surface area contributed by atoms with Crippen molar-refractivity contribution in [1.29, 1.82) is 0 Å². The number of aliphatic hydroxyl groups is 2. The topological polar surface area (TPSA) is 77.4 Å². The van der Waals surface area contributed by atoms with Crippen LogP contribution in [0.3, 0.4) is 0 Å². The van der Waals surface area contributed by atoms with Gasteiger partial charge >= 0.3 is 6.16 Å². The van der Waals surface area contributed by atoms with Gasteiger partial charge in [0.1, 0.15) is 11.2 Å². The van der Waals surface area contributed by atoms with Gasteiger partial charge in [-0.1, -0.05) is 60.7 Å². The molecule has 2 aromatic rings. The molecule has 6 heteroatoms. The molecule has 2 atom stereocenters. The first-order valence-corrected chi connectivity index (χ1v) is 8.61. The van der Waals surface area contributed by atoms with E-state index in [2.05, 4.69) is 0 Å². The predicted octanol–water partition coefficient (Wildman–Crippen LogP) is 1.86. The highest BCUT2D eigenvalue weighted by Gasteiger charge is 2.56. The minimum absolute atomic E-state index is 0.0481. The molecule has 6 nitrogen and oxygen atoms in total. The van der Waals surface area contributed by atoms with E-state index >= 15 is 0 Å². The van der Waals surface area contributed by atoms with Crippen LogP contribution in [0.2, 0.25) is 0 Å². The SMILES string of the molecule is CC1OC2(OCC(O)(c3ccccc3)CO2)OCC1(O)c1ccccc1. The summed E-state index contributed by atoms with van der Waals surface area (Å²) in [5.74, 6) is 0. The van der Waals surface area contributed by atoms with Gasteiger partial charge in [-0.25, -0.2) is 0 Å². The first-order chi connectivity index (χ1) is 12.5. The minimum atomic E-state index is -1.72. The lowest BCUT2D eigenvalue weighted by Crippen LogP contribution is -2.63. The second-order valence-electron chi connectivity index (χ2n) is 6.81. The Bertz CT molecular complexity index is 736. The fourth-order valence-corrected chi connectivity index (χ4v) is 3.27. The molecule has 2 unspecified atom stereocenters. The summed E-state index contributed by atoms with van der Waals surface area (Å²) >= 11 is 0. The molecule has 2 heterocycles. The second-order valence-corrected chi connectivity index (χ2v) is 6.81. The number of hydrogen-bond donors (Lipinski definition) is 2. The molecule has 0 amide bonds. The molecule has 2 aliphatic heterocycles. The standard InChI is InChI=1S/C20H22O6/c1-15-19(22,17-10-6-3-7-11-17)14-25-20(26-15)23-12-18(21,13-24-20)16-8-4-2-5-9-16/h2-11,15,21-22H,12-14H2,1H3. The summed E-state index contributed by atoms with van der Waals surface area (Å²) in [7, 11) is 0. The van der Waals surface area contributed by atoms with Crippen LogP contribution in [0.25, 0.3) is 0 Å². The van der Waals surface area contributed by atoms with E-state index in [4.69, 9.17) is 18.9 Å². The van der Waals surface area contributed by atoms with Crippen molar-refractivity contribution in [2.45, 2.75) is 30.4 Å². The summed E-state index contributed by atoms with van der Waals surface area (Å²) in [5, 5.41) is 21.8. The molecule has 1 spiro atoms. The molecule has 0 radical (unpaired) electrons. The van der Waals surface area contributed by atoms with Crippen LogP contribution in [-0.4, -0.2) is 42.3 Å². The smallest absolute Gasteiger partial charge is 0.380 e. The first kappa shape index (κ1) is 17.6. The van der Waals surface area contributed by atoms with Gasteiger partial charge in [-0.15, -0.1) is 0 Å². The molecule has 0 bridgehead atoms. The normalized spacial score (nSPS) is 37.6. The third-order valence-electron chi connectivity index (χ3n) is 5.02. The summed E-state index contributed by atoms with van der Waals surface area (Å²) in [5.41, 5.74) is -1.21. The molecule has 4 rings (SSSR count). The van der Waals surface area contributed by atoms with Crippen molar-refractivity contribution >= 4 is 0 Å². The summed E-state index contributed by atoms with van der Waals surface area (Å²) in [4.78, 5) is 0. The van der Waals surface area contributed by atoms with Gasteiger partial charge in [0.25, 0.3) is 0 Å². The summed E-state index contributed by atoms with van der Waals surface area (Å²) in [6, 6.07) is 18.4. The Kier molecular flexibility index (Phi) is 4.35. The molecule has 2 saturated heterocycles. The van der Waals surface area contributed by atoms with Crippen molar-refractivity contribution in [2.75, 3.05) is 19.8 Å². The van der Waals surface area contributed by atoms with E-state index in [-0.39, 0.29) is 19.8 Å². The zero-order valence-electron chi connectivity index (χ0n) is 14.5. The zero-order chi connectivity index (χ0) is 18.3. The molecule has 2 fully saturated rings. The van der Waals surface area contributed by atoms with Gasteiger partial charge in [0.15, 0.2) is 0 Å². The zero-order valence-corrected chi connectivity index (χ0v) is 14.5. The molecule has 2 aliphatic rings. The average Bonchev–Trinajstić information content (AvgIpc) is 2.69. The first-order valence-electron chi connectivity index (χ1n) is 8.61. The third kappa shape index (κ3) is 2.95. The lowest BCUT2D eigenvalue weighted by molar-refractivity contribution is -0.564. The average molecular weight is 358 g/mol. The van der Waals surface area contributed by atoms with Crippen LogP contribution in [0.15, 0.2) is 60.7 Å². The van der Waals surface area contributed by atoms with E-state index in [1.807, 2.05) is 60.7 Å². The van der Waals surface area contributed by atoms with Gasteiger partial charge in [0, 0.05) is 0 Å². The van der Waals surface area contributed by atoms with E-state index in [0.717, 1.165) is 0 Å². The van der Waals surface area contributed by atoms with Gasteiger partial charge in [0.05, 0.1) is 25.9 Å². The van der Waals surface area contributed by atoms with E-state index < -0.39 is 23.5 Å². The van der Waals surface area contributed by atoms with Gasteiger partial charge in [-0.3, -0.25) is 18.9 Å². The molecule has 0 saturated carbocycles. The van der Waals surface area contributed by atoms with Gasteiger partial charge in [-0.05, 0) is 18.1 Å². The van der Waals surface area contributed by atoms with Crippen LogP contribution in [0, 0.1) is 0 Å². The fourth-order valence-electron chi connectivity index (χ4n) is 3.27. The van der Waals surface area contributed by atoms with Crippen LogP contribution in [0.1, 0.15) is 18.1 Å². The van der Waals surface area contributed by atoms with Crippen molar-refractivity contribution in [2.24, 2.45) is 0 Å². The number of ether oxygens (including phenoxy) is 4. The Hall–Kier alpha value is -1.80. The van der Waals surface area contributed by atoms with E-state index in [0.29, 0.717) is 11.1 Å². The van der Waals surface area contributed by atoms with Crippen LogP contribution in [0.4, 0.5) is 0 Å². The maximum absolute atomic E-state index is 11.0. The van der Waals surface area contributed by atoms with Gasteiger partial charge in [0.2, 0.25) is 0 Å². The van der Waals surface area contributed by atoms with Crippen molar-refractivity contribution in [1.82, 2.24) is 0 Å². The Morgan fingerprint density at radius 1 is 0.769 bits per heavy atom. The quantitative estimate of drug-likeness (QED) is 0.853. The molecule has 0 aromatic heterocycles. The minimum Gasteiger partial charge on any atom is -0.380 e. The lowest BCUT2D eigenvalue weighted by Gasteiger charge is -2.49. The van der Waals surface area contributed by atoms with Crippen LogP contribution < -0.4 is 0 Å². The summed E-state index contributed by atoms with van der Waals surface area (Å²) in [6.45, 7) is 1.59. The molecule has 138 valence electrons. The molecular formula is C20H22O6. The van der Waals surface area contributed by atoms with Crippen molar-refractivity contribution in [3.63, 3.8) is 0 Å². The van der Waals surface area contributed by atoms with Crippen LogP contribution in [-0.2, 0) is 30.1 Å². The number of hydrogen-bond acceptors (Lipinski definition) is 6. The highest BCUT2D eigenvalue weighted by atomic mass is 17.0. The Morgan fingerprint density at radius 3 is 1.81 bits per heavy atom. The van der Waals surface area contributed by atoms with E-state index in [1.165, 1.54) is 0 Å². The molecule has 2 N–H and O–H groups in total. The molecule has 26 heavy (non-hydrogen) atoms. The molecular weight excluding hydrogens is 336 g/mol. The second kappa shape index (κ2) is 6.42. The van der Waals surface area contributed by atoms with E-state index in [1.54, 1.807) is 6.92 Å².